The molecule has 0 aliphatic heterocycles. The molecule has 0 bridgehead atoms. The molecule has 1 heterocycles. The molecule has 9 nitrogen and oxygen atoms in total. The van der Waals surface area contributed by atoms with E-state index in [1.807, 2.05) is 5.32 Å². The number of urea groups is 1. The van der Waals surface area contributed by atoms with E-state index >= 15 is 0 Å². The van der Waals surface area contributed by atoms with Crippen molar-refractivity contribution < 1.29 is 24.3 Å². The largest absolute Gasteiger partial charge is 0.480 e. The summed E-state index contributed by atoms with van der Waals surface area (Å²) in [6.45, 7) is -0.689. The zero-order chi connectivity index (χ0) is 12.0. The van der Waals surface area contributed by atoms with Gasteiger partial charge in [-0.15, -0.1) is 0 Å². The van der Waals surface area contributed by atoms with Gasteiger partial charge in [-0.1, -0.05) is 5.16 Å². The second-order valence-corrected chi connectivity index (χ2v) is 2.75. The zero-order valence-corrected chi connectivity index (χ0v) is 8.08. The summed E-state index contributed by atoms with van der Waals surface area (Å²) in [5.74, 6) is -1.07. The summed E-state index contributed by atoms with van der Waals surface area (Å²) >= 11 is 0. The topological polar surface area (TPSA) is 138 Å². The Morgan fingerprint density at radius 3 is 2.81 bits per heavy atom. The quantitative estimate of drug-likeness (QED) is 0.473. The van der Waals surface area contributed by atoms with Gasteiger partial charge in [-0.05, 0) is 0 Å². The smallest absolute Gasteiger partial charge is 0.328 e. The van der Waals surface area contributed by atoms with Gasteiger partial charge in [-0.3, -0.25) is 0 Å². The van der Waals surface area contributed by atoms with Crippen molar-refractivity contribution in [1.82, 2.24) is 20.8 Å². The predicted octanol–water partition coefficient (Wildman–Crippen LogP) is -1.69. The molecule has 0 saturated heterocycles. The van der Waals surface area contributed by atoms with Crippen LogP contribution in [-0.4, -0.2) is 45.0 Å². The van der Waals surface area contributed by atoms with Crippen LogP contribution in [-0.2, 0) is 11.3 Å². The van der Waals surface area contributed by atoms with Gasteiger partial charge in [0.1, 0.15) is 0 Å². The number of hydrogen-bond acceptors (Lipinski definition) is 6. The fourth-order valence-corrected chi connectivity index (χ4v) is 0.824. The summed E-state index contributed by atoms with van der Waals surface area (Å²) in [6.07, 6.45) is 1.10. The summed E-state index contributed by atoms with van der Waals surface area (Å²) < 4.78 is 4.42. The first kappa shape index (κ1) is 11.9. The monoisotopic (exact) mass is 230 g/mol. The van der Waals surface area contributed by atoms with Gasteiger partial charge in [0.2, 0.25) is 6.39 Å². The minimum atomic E-state index is -1.34. The maximum atomic E-state index is 11.1. The average molecular weight is 230 g/mol. The Labute approximate surface area is 89.5 Å². The molecule has 2 amide bonds. The summed E-state index contributed by atoms with van der Waals surface area (Å²) in [5, 5.41) is 24.9. The first-order valence-electron chi connectivity index (χ1n) is 4.26. The first-order chi connectivity index (χ1) is 7.63. The van der Waals surface area contributed by atoms with Crippen LogP contribution in [0.15, 0.2) is 10.9 Å². The normalized spacial score (nSPS) is 11.8. The minimum absolute atomic E-state index is 0.000100. The van der Waals surface area contributed by atoms with Crippen molar-refractivity contribution in [2.75, 3.05) is 6.61 Å². The van der Waals surface area contributed by atoms with Crippen molar-refractivity contribution >= 4 is 12.0 Å². The van der Waals surface area contributed by atoms with Crippen molar-refractivity contribution in [3.8, 4) is 0 Å². The SMILES string of the molecule is O=C(NCc1ncon1)NC(CO)C(=O)O. The molecule has 16 heavy (non-hydrogen) atoms. The number of aromatic nitrogens is 2. The van der Waals surface area contributed by atoms with Gasteiger partial charge in [0.05, 0.1) is 13.2 Å². The maximum absolute atomic E-state index is 11.1. The number of aliphatic hydroxyl groups excluding tert-OH is 1. The number of carbonyl (C=O) groups excluding carboxylic acids is 1. The molecule has 1 atom stereocenters. The molecule has 0 fully saturated rings. The van der Waals surface area contributed by atoms with Crippen LogP contribution in [0.3, 0.4) is 0 Å². The average Bonchev–Trinajstić information content (AvgIpc) is 2.75. The van der Waals surface area contributed by atoms with E-state index in [1.165, 1.54) is 0 Å². The van der Waals surface area contributed by atoms with Crippen molar-refractivity contribution in [3.05, 3.63) is 12.2 Å². The Morgan fingerprint density at radius 1 is 1.56 bits per heavy atom. The van der Waals surface area contributed by atoms with E-state index in [0.717, 1.165) is 6.39 Å². The molecule has 4 N–H and O–H groups in total. The fraction of sp³-hybridized carbons (Fsp3) is 0.429. The molecule has 9 heteroatoms. The van der Waals surface area contributed by atoms with Crippen LogP contribution < -0.4 is 10.6 Å². The van der Waals surface area contributed by atoms with Gasteiger partial charge in [-0.2, -0.15) is 4.98 Å². The number of carboxylic acid groups (broad SMARTS) is 1. The lowest BCUT2D eigenvalue weighted by molar-refractivity contribution is -0.140. The van der Waals surface area contributed by atoms with Crippen molar-refractivity contribution in [2.24, 2.45) is 0 Å². The van der Waals surface area contributed by atoms with E-state index in [2.05, 4.69) is 20.0 Å². The molecule has 0 radical (unpaired) electrons. The highest BCUT2D eigenvalue weighted by Gasteiger charge is 2.18. The molecule has 0 saturated carbocycles. The number of carbonyl (C=O) groups is 2. The number of aliphatic carboxylic acids is 1. The van der Waals surface area contributed by atoms with E-state index in [1.54, 1.807) is 0 Å². The lowest BCUT2D eigenvalue weighted by atomic mass is 10.3. The van der Waals surface area contributed by atoms with Crippen LogP contribution in [0, 0.1) is 0 Å². The second-order valence-electron chi connectivity index (χ2n) is 2.75. The van der Waals surface area contributed by atoms with E-state index in [9.17, 15) is 9.59 Å². The van der Waals surface area contributed by atoms with E-state index in [0.29, 0.717) is 0 Å². The van der Waals surface area contributed by atoms with Crippen LogP contribution >= 0.6 is 0 Å². The van der Waals surface area contributed by atoms with Crippen LogP contribution in [0.25, 0.3) is 0 Å². The third-order valence-electron chi connectivity index (χ3n) is 1.60. The number of rotatable bonds is 5. The zero-order valence-electron chi connectivity index (χ0n) is 8.08. The third-order valence-corrected chi connectivity index (χ3v) is 1.60. The lowest BCUT2D eigenvalue weighted by Crippen LogP contribution is -2.47. The first-order valence-corrected chi connectivity index (χ1v) is 4.26. The number of amides is 2. The van der Waals surface area contributed by atoms with Gasteiger partial charge in [0.15, 0.2) is 11.9 Å². The van der Waals surface area contributed by atoms with Crippen LogP contribution in [0.2, 0.25) is 0 Å². The number of nitrogens with zero attached hydrogens (tertiary/aromatic N) is 2. The number of carboxylic acids is 1. The molecule has 0 aliphatic carbocycles. The lowest BCUT2D eigenvalue weighted by Gasteiger charge is -2.11. The Morgan fingerprint density at radius 2 is 2.31 bits per heavy atom. The molecule has 1 rings (SSSR count). The Hall–Kier alpha value is -2.16. The van der Waals surface area contributed by atoms with Crippen molar-refractivity contribution in [3.63, 3.8) is 0 Å². The molecular formula is C7H10N4O5. The Bertz CT molecular complexity index is 352. The summed E-state index contributed by atoms with van der Waals surface area (Å²) in [7, 11) is 0. The number of nitrogens with one attached hydrogen (secondary N) is 2. The van der Waals surface area contributed by atoms with Crippen LogP contribution in [0.5, 0.6) is 0 Å². The number of hydrogen-bond donors (Lipinski definition) is 4. The summed E-state index contributed by atoms with van der Waals surface area (Å²) in [5.41, 5.74) is 0. The minimum Gasteiger partial charge on any atom is -0.480 e. The van der Waals surface area contributed by atoms with Gasteiger partial charge < -0.3 is 25.4 Å². The van der Waals surface area contributed by atoms with Crippen molar-refractivity contribution in [2.45, 2.75) is 12.6 Å². The van der Waals surface area contributed by atoms with Gasteiger partial charge in [0, 0.05) is 0 Å². The number of aliphatic hydroxyl groups is 1. The molecule has 1 aromatic heterocycles. The molecule has 0 spiro atoms. The maximum Gasteiger partial charge on any atom is 0.328 e. The van der Waals surface area contributed by atoms with E-state index in [4.69, 9.17) is 10.2 Å². The van der Waals surface area contributed by atoms with Crippen molar-refractivity contribution in [1.29, 1.82) is 0 Å². The van der Waals surface area contributed by atoms with Gasteiger partial charge in [0.25, 0.3) is 0 Å². The molecule has 1 unspecified atom stereocenters. The second kappa shape index (κ2) is 5.66. The summed E-state index contributed by atoms with van der Waals surface area (Å²) in [4.78, 5) is 25.2. The highest BCUT2D eigenvalue weighted by atomic mass is 16.5. The Kier molecular flexibility index (Phi) is 4.21. The standard InChI is InChI=1S/C7H10N4O5/c12-2-4(6(13)14)10-7(15)8-1-5-9-3-16-11-5/h3-4,12H,1-2H2,(H,13,14)(H2,8,10,15). The molecule has 0 aromatic carbocycles. The molecule has 1 aromatic rings. The molecule has 88 valence electrons. The van der Waals surface area contributed by atoms with Gasteiger partial charge >= 0.3 is 12.0 Å². The fourth-order valence-electron chi connectivity index (χ4n) is 0.824. The van der Waals surface area contributed by atoms with E-state index in [-0.39, 0.29) is 12.4 Å². The van der Waals surface area contributed by atoms with Crippen LogP contribution in [0.1, 0.15) is 5.82 Å². The molecular weight excluding hydrogens is 220 g/mol. The highest BCUT2D eigenvalue weighted by molar-refractivity contribution is 5.82. The van der Waals surface area contributed by atoms with E-state index < -0.39 is 24.6 Å². The Balaban J connectivity index is 2.33. The summed E-state index contributed by atoms with van der Waals surface area (Å²) in [6, 6.07) is -2.09. The van der Waals surface area contributed by atoms with Gasteiger partial charge in [-0.25, -0.2) is 9.59 Å². The van der Waals surface area contributed by atoms with Crippen LogP contribution in [0.4, 0.5) is 4.79 Å². The highest BCUT2D eigenvalue weighted by Crippen LogP contribution is 1.87. The predicted molar refractivity (Wildman–Crippen MR) is 48.2 cm³/mol. The molecule has 0 aliphatic rings. The third kappa shape index (κ3) is 3.53.